The molecular weight excluding hydrogens is 385 g/mol. The lowest BCUT2D eigenvalue weighted by Gasteiger charge is -2.11. The Labute approximate surface area is 165 Å². The van der Waals surface area contributed by atoms with E-state index in [0.29, 0.717) is 11.4 Å². The molecule has 0 bridgehead atoms. The number of hydrogen-bond donors (Lipinski definition) is 2. The lowest BCUT2D eigenvalue weighted by Crippen LogP contribution is -2.15. The predicted molar refractivity (Wildman–Crippen MR) is 105 cm³/mol. The second kappa shape index (κ2) is 7.82. The Kier molecular flexibility index (Phi) is 5.46. The Morgan fingerprint density at radius 2 is 1.89 bits per heavy atom. The van der Waals surface area contributed by atoms with E-state index in [-0.39, 0.29) is 33.5 Å². The molecule has 0 unspecified atom stereocenters. The van der Waals surface area contributed by atoms with Crippen molar-refractivity contribution in [3.05, 3.63) is 64.1 Å². The first-order chi connectivity index (χ1) is 13.3. The third-order valence-electron chi connectivity index (χ3n) is 4.10. The van der Waals surface area contributed by atoms with E-state index in [1.165, 1.54) is 25.1 Å². The van der Waals surface area contributed by atoms with E-state index >= 15 is 0 Å². The highest BCUT2D eigenvalue weighted by Crippen LogP contribution is 2.34. The summed E-state index contributed by atoms with van der Waals surface area (Å²) in [5.41, 5.74) is 1.90. The van der Waals surface area contributed by atoms with Crippen LogP contribution in [-0.4, -0.2) is 17.0 Å². The van der Waals surface area contributed by atoms with Crippen molar-refractivity contribution in [3.63, 3.8) is 0 Å². The number of amides is 2. The van der Waals surface area contributed by atoms with Gasteiger partial charge >= 0.3 is 0 Å². The fourth-order valence-corrected chi connectivity index (χ4v) is 3.01. The topological polar surface area (TPSA) is 84.2 Å². The summed E-state index contributed by atoms with van der Waals surface area (Å²) in [6, 6.07) is 9.32. The maximum absolute atomic E-state index is 14.3. The van der Waals surface area contributed by atoms with Crippen molar-refractivity contribution < 1.29 is 18.5 Å². The number of nitrogens with one attached hydrogen (secondary N) is 2. The van der Waals surface area contributed by atoms with Gasteiger partial charge in [-0.15, -0.1) is 0 Å². The van der Waals surface area contributed by atoms with Crippen molar-refractivity contribution in [1.29, 1.82) is 0 Å². The van der Waals surface area contributed by atoms with Gasteiger partial charge in [0.15, 0.2) is 0 Å². The minimum absolute atomic E-state index is 0.00474. The summed E-state index contributed by atoms with van der Waals surface area (Å²) >= 11 is 6.11. The number of carbonyl (C=O) groups excluding carboxylic acids is 2. The first-order valence-corrected chi connectivity index (χ1v) is 8.76. The first kappa shape index (κ1) is 19.6. The Bertz CT molecular complexity index is 1060. The van der Waals surface area contributed by atoms with E-state index in [1.807, 2.05) is 6.92 Å². The van der Waals surface area contributed by atoms with Crippen molar-refractivity contribution in [1.82, 2.24) is 5.16 Å². The quantitative estimate of drug-likeness (QED) is 0.647. The van der Waals surface area contributed by atoms with E-state index in [1.54, 1.807) is 25.1 Å². The van der Waals surface area contributed by atoms with Crippen LogP contribution >= 0.6 is 11.6 Å². The molecular formula is C20H17ClFN3O3. The zero-order valence-corrected chi connectivity index (χ0v) is 16.1. The molecule has 0 saturated heterocycles. The fraction of sp³-hybridized carbons (Fsp3) is 0.150. The Morgan fingerprint density at radius 3 is 2.57 bits per heavy atom. The zero-order chi connectivity index (χ0) is 20.4. The van der Waals surface area contributed by atoms with Crippen LogP contribution in [0, 0.1) is 19.7 Å². The van der Waals surface area contributed by atoms with Gasteiger partial charge in [0.1, 0.15) is 22.8 Å². The molecule has 3 aromatic rings. The van der Waals surface area contributed by atoms with Gasteiger partial charge in [-0.25, -0.2) is 4.39 Å². The minimum atomic E-state index is -0.612. The van der Waals surface area contributed by atoms with Crippen LogP contribution in [0.2, 0.25) is 5.02 Å². The Hall–Kier alpha value is -3.19. The second-order valence-electron chi connectivity index (χ2n) is 6.22. The predicted octanol–water partition coefficient (Wildman–Crippen LogP) is 4.96. The van der Waals surface area contributed by atoms with E-state index in [9.17, 15) is 14.0 Å². The maximum Gasteiger partial charge on any atom is 0.261 e. The number of carbonyl (C=O) groups is 2. The van der Waals surface area contributed by atoms with Gasteiger partial charge in [0.2, 0.25) is 5.91 Å². The van der Waals surface area contributed by atoms with Gasteiger partial charge < -0.3 is 15.2 Å². The second-order valence-corrected chi connectivity index (χ2v) is 6.63. The Balaban J connectivity index is 1.99. The summed E-state index contributed by atoms with van der Waals surface area (Å²) in [5, 5.41) is 9.37. The summed E-state index contributed by atoms with van der Waals surface area (Å²) in [4.78, 5) is 24.2. The number of hydrogen-bond acceptors (Lipinski definition) is 4. The molecule has 2 amide bonds. The lowest BCUT2D eigenvalue weighted by molar-refractivity contribution is -0.114. The molecule has 8 heteroatoms. The molecule has 0 fully saturated rings. The molecule has 1 heterocycles. The molecule has 144 valence electrons. The summed E-state index contributed by atoms with van der Waals surface area (Å²) in [6.45, 7) is 4.76. The van der Waals surface area contributed by atoms with Crippen LogP contribution in [0.15, 0.2) is 40.9 Å². The highest BCUT2D eigenvalue weighted by Gasteiger charge is 2.25. The van der Waals surface area contributed by atoms with Gasteiger partial charge in [-0.05, 0) is 43.7 Å². The highest BCUT2D eigenvalue weighted by atomic mass is 35.5. The van der Waals surface area contributed by atoms with Gasteiger partial charge in [0.05, 0.1) is 10.6 Å². The van der Waals surface area contributed by atoms with Gasteiger partial charge in [-0.1, -0.05) is 28.9 Å². The first-order valence-electron chi connectivity index (χ1n) is 8.38. The molecule has 1 aromatic heterocycles. The largest absolute Gasteiger partial charge is 0.360 e. The zero-order valence-electron chi connectivity index (χ0n) is 15.4. The van der Waals surface area contributed by atoms with Gasteiger partial charge in [-0.3, -0.25) is 9.59 Å². The standard InChI is InChI=1S/C20H17ClFN3O3/c1-10-7-8-13(23-12(3)26)9-16(10)24-20(27)17-11(2)28-25-19(17)18-14(21)5-4-6-15(18)22/h4-9H,1-3H3,(H,23,26)(H,24,27). The van der Waals surface area contributed by atoms with Crippen LogP contribution in [0.3, 0.4) is 0 Å². The van der Waals surface area contributed by atoms with Gasteiger partial charge in [0, 0.05) is 18.3 Å². The number of anilines is 2. The molecule has 0 atom stereocenters. The van der Waals surface area contributed by atoms with E-state index in [2.05, 4.69) is 15.8 Å². The van der Waals surface area contributed by atoms with Crippen LogP contribution in [0.4, 0.5) is 15.8 Å². The van der Waals surface area contributed by atoms with E-state index in [0.717, 1.165) is 5.56 Å². The van der Waals surface area contributed by atoms with Crippen LogP contribution in [0.25, 0.3) is 11.3 Å². The third-order valence-corrected chi connectivity index (χ3v) is 4.41. The molecule has 2 aromatic carbocycles. The average Bonchev–Trinajstić information content (AvgIpc) is 2.98. The molecule has 0 aliphatic carbocycles. The summed E-state index contributed by atoms with van der Waals surface area (Å²) < 4.78 is 19.4. The smallest absolute Gasteiger partial charge is 0.261 e. The summed E-state index contributed by atoms with van der Waals surface area (Å²) in [5.74, 6) is -1.15. The Morgan fingerprint density at radius 1 is 1.14 bits per heavy atom. The molecule has 6 nitrogen and oxygen atoms in total. The van der Waals surface area contributed by atoms with Crippen LogP contribution < -0.4 is 10.6 Å². The molecule has 0 radical (unpaired) electrons. The number of rotatable bonds is 4. The normalized spacial score (nSPS) is 10.6. The molecule has 28 heavy (non-hydrogen) atoms. The molecule has 2 N–H and O–H groups in total. The van der Waals surface area contributed by atoms with Crippen molar-refractivity contribution in [3.8, 4) is 11.3 Å². The molecule has 0 saturated carbocycles. The lowest BCUT2D eigenvalue weighted by atomic mass is 10.0. The molecule has 0 aliphatic rings. The highest BCUT2D eigenvalue weighted by molar-refractivity contribution is 6.33. The molecule has 0 spiro atoms. The number of aromatic nitrogens is 1. The monoisotopic (exact) mass is 401 g/mol. The number of halogens is 2. The number of nitrogens with zero attached hydrogens (tertiary/aromatic N) is 1. The van der Waals surface area contributed by atoms with Gasteiger partial charge in [0.25, 0.3) is 5.91 Å². The van der Waals surface area contributed by atoms with E-state index < -0.39 is 11.7 Å². The fourth-order valence-electron chi connectivity index (χ4n) is 2.76. The SMILES string of the molecule is CC(=O)Nc1ccc(C)c(NC(=O)c2c(-c3c(F)cccc3Cl)noc2C)c1. The molecule has 0 aliphatic heterocycles. The average molecular weight is 402 g/mol. The van der Waals surface area contributed by atoms with Crippen LogP contribution in [-0.2, 0) is 4.79 Å². The van der Waals surface area contributed by atoms with Crippen LogP contribution in [0.5, 0.6) is 0 Å². The van der Waals surface area contributed by atoms with Gasteiger partial charge in [-0.2, -0.15) is 0 Å². The van der Waals surface area contributed by atoms with Crippen molar-refractivity contribution in [2.45, 2.75) is 20.8 Å². The number of aryl methyl sites for hydroxylation is 2. The van der Waals surface area contributed by atoms with Crippen molar-refractivity contribution >= 4 is 34.8 Å². The van der Waals surface area contributed by atoms with Crippen molar-refractivity contribution in [2.75, 3.05) is 10.6 Å². The third kappa shape index (κ3) is 3.89. The molecule has 3 rings (SSSR count). The number of benzene rings is 2. The minimum Gasteiger partial charge on any atom is -0.360 e. The van der Waals surface area contributed by atoms with E-state index in [4.69, 9.17) is 16.1 Å². The van der Waals surface area contributed by atoms with Crippen LogP contribution in [0.1, 0.15) is 28.6 Å². The summed E-state index contributed by atoms with van der Waals surface area (Å²) in [7, 11) is 0. The maximum atomic E-state index is 14.3. The van der Waals surface area contributed by atoms with Crippen molar-refractivity contribution in [2.24, 2.45) is 0 Å². The summed E-state index contributed by atoms with van der Waals surface area (Å²) in [6.07, 6.45) is 0.